The third kappa shape index (κ3) is 1.16. The molecular formula is C8H13N3. The molecule has 1 heterocycles. The van der Waals surface area contributed by atoms with Gasteiger partial charge in [0.2, 0.25) is 0 Å². The second-order valence-electron chi connectivity index (χ2n) is 3.38. The van der Waals surface area contributed by atoms with Gasteiger partial charge in [-0.15, -0.1) is 0 Å². The lowest BCUT2D eigenvalue weighted by atomic mass is 10.3. The molecule has 1 aliphatic carbocycles. The maximum Gasteiger partial charge on any atom is 0.0921 e. The molecule has 1 aliphatic rings. The lowest BCUT2D eigenvalue weighted by Gasteiger charge is -2.06. The first-order chi connectivity index (χ1) is 5.29. The minimum Gasteiger partial charge on any atom is -0.348 e. The Morgan fingerprint density at radius 3 is 2.91 bits per heavy atom. The normalized spacial score (nSPS) is 29.4. The van der Waals surface area contributed by atoms with Crippen molar-refractivity contribution >= 4 is 0 Å². The highest BCUT2D eigenvalue weighted by molar-refractivity contribution is 5.17. The van der Waals surface area contributed by atoms with E-state index in [1.54, 1.807) is 6.33 Å². The van der Waals surface area contributed by atoms with E-state index in [1.807, 2.05) is 6.20 Å². The zero-order valence-electron chi connectivity index (χ0n) is 6.91. The van der Waals surface area contributed by atoms with Gasteiger partial charge in [0.15, 0.2) is 0 Å². The Morgan fingerprint density at radius 2 is 2.45 bits per heavy atom. The number of aromatic amines is 1. The Balaban J connectivity index is 2.02. The number of nitrogens with zero attached hydrogens (tertiary/aromatic N) is 2. The van der Waals surface area contributed by atoms with Crippen molar-refractivity contribution in [2.75, 3.05) is 14.1 Å². The van der Waals surface area contributed by atoms with Crippen molar-refractivity contribution in [3.05, 3.63) is 18.2 Å². The monoisotopic (exact) mass is 151 g/mol. The van der Waals surface area contributed by atoms with Crippen molar-refractivity contribution in [1.29, 1.82) is 0 Å². The molecule has 1 saturated carbocycles. The summed E-state index contributed by atoms with van der Waals surface area (Å²) in [6, 6.07) is 0.732. The number of imidazole rings is 1. The summed E-state index contributed by atoms with van der Waals surface area (Å²) >= 11 is 0. The number of rotatable bonds is 2. The van der Waals surface area contributed by atoms with Crippen molar-refractivity contribution in [3.8, 4) is 0 Å². The van der Waals surface area contributed by atoms with E-state index in [9.17, 15) is 0 Å². The van der Waals surface area contributed by atoms with Crippen LogP contribution in [-0.4, -0.2) is 35.0 Å². The minimum absolute atomic E-state index is 0.701. The van der Waals surface area contributed by atoms with E-state index in [4.69, 9.17) is 0 Å². The summed E-state index contributed by atoms with van der Waals surface area (Å²) in [5.74, 6) is 0.701. The lowest BCUT2D eigenvalue weighted by molar-refractivity contribution is 0.390. The molecule has 11 heavy (non-hydrogen) atoms. The first-order valence-corrected chi connectivity index (χ1v) is 3.93. The van der Waals surface area contributed by atoms with Gasteiger partial charge >= 0.3 is 0 Å². The summed E-state index contributed by atoms with van der Waals surface area (Å²) in [4.78, 5) is 9.42. The number of H-pyrrole nitrogens is 1. The Kier molecular flexibility index (Phi) is 1.46. The maximum absolute atomic E-state index is 4.00. The predicted molar refractivity (Wildman–Crippen MR) is 43.4 cm³/mol. The van der Waals surface area contributed by atoms with Crippen LogP contribution in [0.5, 0.6) is 0 Å². The molecule has 0 saturated heterocycles. The lowest BCUT2D eigenvalue weighted by Crippen LogP contribution is -2.15. The summed E-state index contributed by atoms with van der Waals surface area (Å²) in [6.45, 7) is 0. The molecular weight excluding hydrogens is 138 g/mol. The van der Waals surface area contributed by atoms with Gasteiger partial charge in [-0.3, -0.25) is 0 Å². The molecule has 1 fully saturated rings. The highest BCUT2D eigenvalue weighted by atomic mass is 15.1. The van der Waals surface area contributed by atoms with Crippen LogP contribution in [0.2, 0.25) is 0 Å². The van der Waals surface area contributed by atoms with Crippen LogP contribution in [0.15, 0.2) is 12.5 Å². The van der Waals surface area contributed by atoms with Crippen LogP contribution in [0.25, 0.3) is 0 Å². The van der Waals surface area contributed by atoms with Crippen LogP contribution in [0.4, 0.5) is 0 Å². The molecule has 2 rings (SSSR count). The van der Waals surface area contributed by atoms with Gasteiger partial charge in [0, 0.05) is 23.9 Å². The second kappa shape index (κ2) is 2.34. The summed E-state index contributed by atoms with van der Waals surface area (Å²) < 4.78 is 0. The number of nitrogens with one attached hydrogen (secondary N) is 1. The molecule has 2 unspecified atom stereocenters. The van der Waals surface area contributed by atoms with Gasteiger partial charge < -0.3 is 9.88 Å². The Morgan fingerprint density at radius 1 is 1.64 bits per heavy atom. The molecule has 60 valence electrons. The van der Waals surface area contributed by atoms with Crippen molar-refractivity contribution in [2.45, 2.75) is 18.4 Å². The molecule has 1 N–H and O–H groups in total. The van der Waals surface area contributed by atoms with Gasteiger partial charge in [0.1, 0.15) is 0 Å². The molecule has 1 aromatic heterocycles. The molecule has 3 heteroatoms. The number of aromatic nitrogens is 2. The van der Waals surface area contributed by atoms with E-state index < -0.39 is 0 Å². The van der Waals surface area contributed by atoms with Gasteiger partial charge in [-0.2, -0.15) is 0 Å². The molecule has 3 nitrogen and oxygen atoms in total. The highest BCUT2D eigenvalue weighted by Crippen LogP contribution is 2.42. The Bertz CT molecular complexity index is 227. The van der Waals surface area contributed by atoms with Crippen LogP contribution in [0.1, 0.15) is 18.0 Å². The van der Waals surface area contributed by atoms with Gasteiger partial charge in [0.05, 0.1) is 6.33 Å². The largest absolute Gasteiger partial charge is 0.348 e. The third-order valence-electron chi connectivity index (χ3n) is 2.34. The fraction of sp³-hybridized carbons (Fsp3) is 0.625. The Labute approximate surface area is 66.4 Å². The SMILES string of the molecule is CN(C)C1CC1c1cnc[nH]1. The first-order valence-electron chi connectivity index (χ1n) is 3.93. The number of likely N-dealkylation sites (N-methyl/N-ethyl adjacent to an activating group) is 1. The fourth-order valence-corrected chi connectivity index (χ4v) is 1.56. The fourth-order valence-electron chi connectivity index (χ4n) is 1.56. The van der Waals surface area contributed by atoms with Crippen LogP contribution >= 0.6 is 0 Å². The number of hydrogen-bond acceptors (Lipinski definition) is 2. The topological polar surface area (TPSA) is 31.9 Å². The molecule has 2 atom stereocenters. The first kappa shape index (κ1) is 6.85. The van der Waals surface area contributed by atoms with E-state index >= 15 is 0 Å². The molecule has 0 aliphatic heterocycles. The van der Waals surface area contributed by atoms with Crippen molar-refractivity contribution in [2.24, 2.45) is 0 Å². The quantitative estimate of drug-likeness (QED) is 0.678. The van der Waals surface area contributed by atoms with Crippen LogP contribution < -0.4 is 0 Å². The summed E-state index contributed by atoms with van der Waals surface area (Å²) in [5.41, 5.74) is 1.28. The maximum atomic E-state index is 4.00. The summed E-state index contributed by atoms with van der Waals surface area (Å²) in [7, 11) is 4.25. The average molecular weight is 151 g/mol. The molecule has 0 bridgehead atoms. The van der Waals surface area contributed by atoms with Gasteiger partial charge in [-0.25, -0.2) is 4.98 Å². The summed E-state index contributed by atoms with van der Waals surface area (Å²) in [6.07, 6.45) is 4.95. The van der Waals surface area contributed by atoms with E-state index in [0.29, 0.717) is 5.92 Å². The highest BCUT2D eigenvalue weighted by Gasteiger charge is 2.40. The Hall–Kier alpha value is -0.830. The van der Waals surface area contributed by atoms with E-state index in [0.717, 1.165) is 6.04 Å². The van der Waals surface area contributed by atoms with E-state index in [2.05, 4.69) is 29.0 Å². The van der Waals surface area contributed by atoms with Gasteiger partial charge in [0.25, 0.3) is 0 Å². The van der Waals surface area contributed by atoms with Gasteiger partial charge in [-0.1, -0.05) is 0 Å². The van der Waals surface area contributed by atoms with Crippen LogP contribution in [0, 0.1) is 0 Å². The zero-order chi connectivity index (χ0) is 7.84. The van der Waals surface area contributed by atoms with E-state index in [1.165, 1.54) is 12.1 Å². The zero-order valence-corrected chi connectivity index (χ0v) is 6.91. The second-order valence-corrected chi connectivity index (χ2v) is 3.38. The minimum atomic E-state index is 0.701. The average Bonchev–Trinajstić information content (AvgIpc) is 2.60. The summed E-state index contributed by atoms with van der Waals surface area (Å²) in [5, 5.41) is 0. The van der Waals surface area contributed by atoms with Crippen molar-refractivity contribution in [3.63, 3.8) is 0 Å². The smallest absolute Gasteiger partial charge is 0.0921 e. The van der Waals surface area contributed by atoms with Crippen molar-refractivity contribution < 1.29 is 0 Å². The van der Waals surface area contributed by atoms with E-state index in [-0.39, 0.29) is 0 Å². The third-order valence-corrected chi connectivity index (χ3v) is 2.34. The van der Waals surface area contributed by atoms with Crippen LogP contribution in [0.3, 0.4) is 0 Å². The van der Waals surface area contributed by atoms with Gasteiger partial charge in [-0.05, 0) is 20.5 Å². The molecule has 0 aromatic carbocycles. The molecule has 0 radical (unpaired) electrons. The molecule has 0 amide bonds. The molecule has 0 spiro atoms. The molecule has 1 aromatic rings. The number of hydrogen-bond donors (Lipinski definition) is 1. The van der Waals surface area contributed by atoms with Crippen molar-refractivity contribution in [1.82, 2.24) is 14.9 Å². The predicted octanol–water partition coefficient (Wildman–Crippen LogP) is 0.827. The standard InChI is InChI=1S/C8H13N3/c1-11(2)8-3-6(8)7-4-9-5-10-7/h4-6,8H,3H2,1-2H3,(H,9,10). The van der Waals surface area contributed by atoms with Crippen LogP contribution in [-0.2, 0) is 0 Å².